The number of thiazole rings is 1. The average molecular weight is 302 g/mol. The number of nitrogens with zero attached hydrogens (tertiary/aromatic N) is 3. The highest BCUT2D eigenvalue weighted by Crippen LogP contribution is 2.34. The summed E-state index contributed by atoms with van der Waals surface area (Å²) < 4.78 is 0. The SMILES string of the molecule is CNc1nnc(-c2sc(Cc3ccccc3)nc2C)s1. The van der Waals surface area contributed by atoms with E-state index < -0.39 is 0 Å². The Bertz CT molecular complexity index is 703. The molecule has 0 saturated heterocycles. The quantitative estimate of drug-likeness (QED) is 0.800. The van der Waals surface area contributed by atoms with Crippen molar-refractivity contribution in [3.8, 4) is 9.88 Å². The van der Waals surface area contributed by atoms with E-state index in [-0.39, 0.29) is 0 Å². The van der Waals surface area contributed by atoms with E-state index in [1.165, 1.54) is 5.56 Å². The van der Waals surface area contributed by atoms with Crippen LogP contribution < -0.4 is 5.32 Å². The Hall–Kier alpha value is -1.79. The second-order valence-electron chi connectivity index (χ2n) is 4.35. The topological polar surface area (TPSA) is 50.7 Å². The van der Waals surface area contributed by atoms with Crippen LogP contribution in [0.3, 0.4) is 0 Å². The summed E-state index contributed by atoms with van der Waals surface area (Å²) in [5, 5.41) is 14.2. The smallest absolute Gasteiger partial charge is 0.205 e. The van der Waals surface area contributed by atoms with E-state index in [2.05, 4.69) is 44.8 Å². The Kier molecular flexibility index (Phi) is 3.75. The predicted molar refractivity (Wildman–Crippen MR) is 84.5 cm³/mol. The van der Waals surface area contributed by atoms with Crippen LogP contribution in [0.2, 0.25) is 0 Å². The Morgan fingerprint density at radius 1 is 1.10 bits per heavy atom. The molecule has 0 aliphatic carbocycles. The van der Waals surface area contributed by atoms with Gasteiger partial charge in [-0.2, -0.15) is 0 Å². The predicted octanol–water partition coefficient (Wildman–Crippen LogP) is 3.60. The minimum absolute atomic E-state index is 0.831. The standard InChI is InChI=1S/C14H14N4S2/c1-9-12(13-17-18-14(15-2)20-13)19-11(16-9)8-10-6-4-3-5-7-10/h3-7H,8H2,1-2H3,(H,15,18). The van der Waals surface area contributed by atoms with Crippen LogP contribution in [0.25, 0.3) is 9.88 Å². The summed E-state index contributed by atoms with van der Waals surface area (Å²) in [5.74, 6) is 0. The lowest BCUT2D eigenvalue weighted by Crippen LogP contribution is -1.86. The van der Waals surface area contributed by atoms with Gasteiger partial charge in [0.25, 0.3) is 0 Å². The van der Waals surface area contributed by atoms with Gasteiger partial charge in [0.2, 0.25) is 5.13 Å². The molecule has 3 rings (SSSR count). The van der Waals surface area contributed by atoms with E-state index >= 15 is 0 Å². The first kappa shape index (κ1) is 13.2. The van der Waals surface area contributed by atoms with Crippen molar-refractivity contribution < 1.29 is 0 Å². The largest absolute Gasteiger partial charge is 0.363 e. The maximum atomic E-state index is 4.65. The Morgan fingerprint density at radius 3 is 2.60 bits per heavy atom. The molecule has 102 valence electrons. The van der Waals surface area contributed by atoms with Crippen molar-refractivity contribution in [2.75, 3.05) is 12.4 Å². The molecule has 6 heteroatoms. The number of hydrogen-bond acceptors (Lipinski definition) is 6. The molecule has 4 nitrogen and oxygen atoms in total. The maximum absolute atomic E-state index is 4.65. The van der Waals surface area contributed by atoms with Crippen LogP contribution in [0, 0.1) is 6.92 Å². The van der Waals surface area contributed by atoms with Crippen molar-refractivity contribution in [1.29, 1.82) is 0 Å². The van der Waals surface area contributed by atoms with E-state index in [9.17, 15) is 0 Å². The molecule has 2 aromatic heterocycles. The molecule has 1 aromatic carbocycles. The van der Waals surface area contributed by atoms with Crippen molar-refractivity contribution >= 4 is 27.8 Å². The van der Waals surface area contributed by atoms with Gasteiger partial charge in [0.1, 0.15) is 0 Å². The van der Waals surface area contributed by atoms with Crippen molar-refractivity contribution in [3.63, 3.8) is 0 Å². The highest BCUT2D eigenvalue weighted by molar-refractivity contribution is 7.23. The fourth-order valence-electron chi connectivity index (χ4n) is 1.91. The van der Waals surface area contributed by atoms with E-state index in [0.29, 0.717) is 0 Å². The summed E-state index contributed by atoms with van der Waals surface area (Å²) in [7, 11) is 1.85. The van der Waals surface area contributed by atoms with E-state index in [4.69, 9.17) is 0 Å². The first-order valence-electron chi connectivity index (χ1n) is 6.28. The van der Waals surface area contributed by atoms with Crippen molar-refractivity contribution in [2.45, 2.75) is 13.3 Å². The lowest BCUT2D eigenvalue weighted by Gasteiger charge is -1.95. The molecular formula is C14H14N4S2. The highest BCUT2D eigenvalue weighted by Gasteiger charge is 2.14. The molecule has 0 aliphatic heterocycles. The molecule has 0 bridgehead atoms. The van der Waals surface area contributed by atoms with Gasteiger partial charge in [-0.1, -0.05) is 41.7 Å². The Balaban J connectivity index is 1.87. The van der Waals surface area contributed by atoms with Gasteiger partial charge in [-0.15, -0.1) is 21.5 Å². The summed E-state index contributed by atoms with van der Waals surface area (Å²) in [4.78, 5) is 5.77. The van der Waals surface area contributed by atoms with Crippen molar-refractivity contribution in [1.82, 2.24) is 15.2 Å². The van der Waals surface area contributed by atoms with Gasteiger partial charge in [0.15, 0.2) is 5.01 Å². The zero-order valence-corrected chi connectivity index (χ0v) is 12.9. The number of aryl methyl sites for hydroxylation is 1. The molecule has 0 saturated carbocycles. The highest BCUT2D eigenvalue weighted by atomic mass is 32.1. The molecule has 0 fully saturated rings. The van der Waals surface area contributed by atoms with Gasteiger partial charge in [-0.05, 0) is 12.5 Å². The first-order chi connectivity index (χ1) is 9.76. The maximum Gasteiger partial charge on any atom is 0.205 e. The number of anilines is 1. The van der Waals surface area contributed by atoms with Gasteiger partial charge in [-0.25, -0.2) is 4.98 Å². The molecule has 0 aliphatic rings. The molecular weight excluding hydrogens is 288 g/mol. The summed E-state index contributed by atoms with van der Waals surface area (Å²) in [5.41, 5.74) is 2.31. The third kappa shape index (κ3) is 2.71. The average Bonchev–Trinajstić information content (AvgIpc) is 3.06. The Labute approximate surface area is 125 Å². The van der Waals surface area contributed by atoms with Gasteiger partial charge in [0.05, 0.1) is 15.6 Å². The second-order valence-corrected chi connectivity index (χ2v) is 6.41. The summed E-state index contributed by atoms with van der Waals surface area (Å²) in [6.45, 7) is 2.03. The number of nitrogens with one attached hydrogen (secondary N) is 1. The summed E-state index contributed by atoms with van der Waals surface area (Å²) in [6.07, 6.45) is 0.865. The molecule has 2 heterocycles. The number of benzene rings is 1. The van der Waals surface area contributed by atoms with Crippen LogP contribution in [0.1, 0.15) is 16.3 Å². The van der Waals surface area contributed by atoms with Crippen LogP contribution in [-0.2, 0) is 6.42 Å². The molecule has 1 N–H and O–H groups in total. The summed E-state index contributed by atoms with van der Waals surface area (Å²) >= 11 is 3.26. The lowest BCUT2D eigenvalue weighted by atomic mass is 10.2. The number of rotatable bonds is 4. The molecule has 20 heavy (non-hydrogen) atoms. The van der Waals surface area contributed by atoms with Crippen molar-refractivity contribution in [3.05, 3.63) is 46.6 Å². The molecule has 0 unspecified atom stereocenters. The van der Waals surface area contributed by atoms with E-state index in [0.717, 1.165) is 32.1 Å². The summed E-state index contributed by atoms with van der Waals surface area (Å²) in [6, 6.07) is 10.4. The third-order valence-electron chi connectivity index (χ3n) is 2.87. The molecule has 3 aromatic rings. The third-order valence-corrected chi connectivity index (χ3v) is 5.12. The molecule has 0 spiro atoms. The lowest BCUT2D eigenvalue weighted by molar-refractivity contribution is 1.08. The Morgan fingerprint density at radius 2 is 1.90 bits per heavy atom. The van der Waals surface area contributed by atoms with E-state index in [1.807, 2.05) is 20.0 Å². The molecule has 0 amide bonds. The molecule has 0 atom stereocenters. The van der Waals surface area contributed by atoms with Crippen molar-refractivity contribution in [2.24, 2.45) is 0 Å². The number of hydrogen-bond donors (Lipinski definition) is 1. The van der Waals surface area contributed by atoms with Gasteiger partial charge < -0.3 is 5.32 Å². The van der Waals surface area contributed by atoms with E-state index in [1.54, 1.807) is 22.7 Å². The van der Waals surface area contributed by atoms with Crippen LogP contribution in [0.15, 0.2) is 30.3 Å². The minimum atomic E-state index is 0.831. The second kappa shape index (κ2) is 5.68. The zero-order valence-electron chi connectivity index (χ0n) is 11.3. The van der Waals surface area contributed by atoms with Gasteiger partial charge >= 0.3 is 0 Å². The fraction of sp³-hybridized carbons (Fsp3) is 0.214. The normalized spacial score (nSPS) is 10.7. The zero-order chi connectivity index (χ0) is 13.9. The first-order valence-corrected chi connectivity index (χ1v) is 7.91. The monoisotopic (exact) mass is 302 g/mol. The number of aromatic nitrogens is 3. The van der Waals surface area contributed by atoms with Crippen LogP contribution in [-0.4, -0.2) is 22.2 Å². The molecule has 0 radical (unpaired) electrons. The van der Waals surface area contributed by atoms with Crippen LogP contribution in [0.5, 0.6) is 0 Å². The van der Waals surface area contributed by atoms with Crippen LogP contribution in [0.4, 0.5) is 5.13 Å². The minimum Gasteiger partial charge on any atom is -0.363 e. The fourth-order valence-corrected chi connectivity index (χ4v) is 3.83. The van der Waals surface area contributed by atoms with Gasteiger partial charge in [-0.3, -0.25) is 0 Å². The van der Waals surface area contributed by atoms with Gasteiger partial charge in [0, 0.05) is 13.5 Å². The van der Waals surface area contributed by atoms with Crippen LogP contribution >= 0.6 is 22.7 Å².